The summed E-state index contributed by atoms with van der Waals surface area (Å²) in [5.41, 5.74) is 2.53. The highest BCUT2D eigenvalue weighted by Gasteiger charge is 2.09. The molecule has 0 spiro atoms. The van der Waals surface area contributed by atoms with E-state index in [4.69, 9.17) is 0 Å². The fourth-order valence-corrected chi connectivity index (χ4v) is 2.29. The van der Waals surface area contributed by atoms with Gasteiger partial charge in [0, 0.05) is 6.54 Å². The van der Waals surface area contributed by atoms with Gasteiger partial charge in [-0.1, -0.05) is 24.3 Å². The molecule has 0 fully saturated rings. The zero-order chi connectivity index (χ0) is 15.9. The van der Waals surface area contributed by atoms with E-state index in [1.807, 2.05) is 31.0 Å². The summed E-state index contributed by atoms with van der Waals surface area (Å²) in [6.45, 7) is 5.48. The standard InChI is InChI=1S/C16H23N5O/c1-12-6-4-5-7-14(12)8-9-17-16(22)11-21(3)10-15-18-13(2)19-20-15/h4-7H,8-11H2,1-3H3,(H,17,22)(H,18,19,20). The third kappa shape index (κ3) is 4.96. The number of benzene rings is 1. The largest absolute Gasteiger partial charge is 0.355 e. The van der Waals surface area contributed by atoms with Crippen molar-refractivity contribution in [3.05, 3.63) is 47.0 Å². The third-order valence-electron chi connectivity index (χ3n) is 3.45. The van der Waals surface area contributed by atoms with Crippen LogP contribution in [0.3, 0.4) is 0 Å². The molecule has 1 aromatic heterocycles. The Morgan fingerprint density at radius 1 is 1.32 bits per heavy atom. The molecule has 6 heteroatoms. The summed E-state index contributed by atoms with van der Waals surface area (Å²) in [5, 5.41) is 9.81. The number of aromatic nitrogens is 3. The van der Waals surface area contributed by atoms with Gasteiger partial charge in [0.25, 0.3) is 0 Å². The van der Waals surface area contributed by atoms with E-state index >= 15 is 0 Å². The van der Waals surface area contributed by atoms with Crippen LogP contribution in [0.25, 0.3) is 0 Å². The molecule has 6 nitrogen and oxygen atoms in total. The predicted molar refractivity (Wildman–Crippen MR) is 85.3 cm³/mol. The number of likely N-dealkylation sites (N-methyl/N-ethyl adjacent to an activating group) is 1. The number of amides is 1. The van der Waals surface area contributed by atoms with Gasteiger partial charge < -0.3 is 5.32 Å². The van der Waals surface area contributed by atoms with Crippen molar-refractivity contribution in [3.63, 3.8) is 0 Å². The van der Waals surface area contributed by atoms with E-state index in [1.165, 1.54) is 11.1 Å². The van der Waals surface area contributed by atoms with Crippen molar-refractivity contribution in [1.82, 2.24) is 25.4 Å². The second-order valence-corrected chi connectivity index (χ2v) is 5.54. The zero-order valence-electron chi connectivity index (χ0n) is 13.4. The highest BCUT2D eigenvalue weighted by Crippen LogP contribution is 2.06. The molecule has 1 amide bonds. The van der Waals surface area contributed by atoms with Gasteiger partial charge in [-0.25, -0.2) is 4.98 Å². The summed E-state index contributed by atoms with van der Waals surface area (Å²) in [5.74, 6) is 1.50. The van der Waals surface area contributed by atoms with Crippen LogP contribution in [0.4, 0.5) is 0 Å². The highest BCUT2D eigenvalue weighted by molar-refractivity contribution is 5.77. The number of carbonyl (C=O) groups excluding carboxylic acids is 1. The maximum atomic E-state index is 11.9. The monoisotopic (exact) mass is 301 g/mol. The summed E-state index contributed by atoms with van der Waals surface area (Å²) < 4.78 is 0. The van der Waals surface area contributed by atoms with Crippen LogP contribution in [-0.2, 0) is 17.8 Å². The number of H-pyrrole nitrogens is 1. The van der Waals surface area contributed by atoms with Crippen LogP contribution in [0.15, 0.2) is 24.3 Å². The first-order valence-electron chi connectivity index (χ1n) is 7.42. The van der Waals surface area contributed by atoms with Crippen LogP contribution in [0, 0.1) is 13.8 Å². The van der Waals surface area contributed by atoms with Gasteiger partial charge in [0.1, 0.15) is 5.82 Å². The minimum atomic E-state index is 0.0170. The van der Waals surface area contributed by atoms with Gasteiger partial charge in [0.15, 0.2) is 5.82 Å². The molecule has 0 radical (unpaired) electrons. The number of rotatable bonds is 7. The van der Waals surface area contributed by atoms with E-state index < -0.39 is 0 Å². The van der Waals surface area contributed by atoms with Crippen LogP contribution >= 0.6 is 0 Å². The lowest BCUT2D eigenvalue weighted by molar-refractivity contribution is -0.122. The van der Waals surface area contributed by atoms with Crippen LogP contribution in [-0.4, -0.2) is 46.1 Å². The number of aryl methyl sites for hydroxylation is 2. The Labute approximate surface area is 130 Å². The summed E-state index contributed by atoms with van der Waals surface area (Å²) in [6, 6.07) is 8.23. The van der Waals surface area contributed by atoms with Crippen molar-refractivity contribution in [3.8, 4) is 0 Å². The summed E-state index contributed by atoms with van der Waals surface area (Å²) in [7, 11) is 1.88. The van der Waals surface area contributed by atoms with Crippen LogP contribution < -0.4 is 5.32 Å². The zero-order valence-corrected chi connectivity index (χ0v) is 13.4. The summed E-state index contributed by atoms with van der Waals surface area (Å²) in [6.07, 6.45) is 0.849. The molecule has 0 saturated carbocycles. The Morgan fingerprint density at radius 3 is 2.77 bits per heavy atom. The Bertz CT molecular complexity index is 623. The van der Waals surface area contributed by atoms with Crippen molar-refractivity contribution in [2.24, 2.45) is 0 Å². The average molecular weight is 301 g/mol. The van der Waals surface area contributed by atoms with E-state index in [1.54, 1.807) is 0 Å². The molecule has 0 aliphatic carbocycles. The molecule has 2 rings (SSSR count). The van der Waals surface area contributed by atoms with Gasteiger partial charge in [-0.3, -0.25) is 14.8 Å². The Kier molecular flexibility index (Phi) is 5.66. The minimum Gasteiger partial charge on any atom is -0.355 e. The average Bonchev–Trinajstić information content (AvgIpc) is 2.86. The number of hydrogen-bond acceptors (Lipinski definition) is 4. The molecular formula is C16H23N5O. The predicted octanol–water partition coefficient (Wildman–Crippen LogP) is 1.21. The SMILES string of the molecule is Cc1nc(CN(C)CC(=O)NCCc2ccccc2C)n[nH]1. The van der Waals surface area contributed by atoms with Crippen molar-refractivity contribution in [1.29, 1.82) is 0 Å². The van der Waals surface area contributed by atoms with E-state index in [0.29, 0.717) is 25.5 Å². The molecule has 0 bridgehead atoms. The molecule has 22 heavy (non-hydrogen) atoms. The van der Waals surface area contributed by atoms with Crippen molar-refractivity contribution >= 4 is 5.91 Å². The number of nitrogens with zero attached hydrogens (tertiary/aromatic N) is 3. The maximum Gasteiger partial charge on any atom is 0.234 e. The Hall–Kier alpha value is -2.21. The van der Waals surface area contributed by atoms with E-state index in [2.05, 4.69) is 39.6 Å². The van der Waals surface area contributed by atoms with E-state index in [0.717, 1.165) is 12.2 Å². The molecular weight excluding hydrogens is 278 g/mol. The molecule has 0 atom stereocenters. The fourth-order valence-electron chi connectivity index (χ4n) is 2.29. The quantitative estimate of drug-likeness (QED) is 0.806. The minimum absolute atomic E-state index is 0.0170. The molecule has 0 aliphatic heterocycles. The molecule has 0 aliphatic rings. The molecule has 1 aromatic carbocycles. The van der Waals surface area contributed by atoms with Crippen LogP contribution in [0.5, 0.6) is 0 Å². The van der Waals surface area contributed by atoms with Gasteiger partial charge >= 0.3 is 0 Å². The highest BCUT2D eigenvalue weighted by atomic mass is 16.2. The summed E-state index contributed by atoms with van der Waals surface area (Å²) >= 11 is 0. The van der Waals surface area contributed by atoms with Gasteiger partial charge in [-0.15, -0.1) is 0 Å². The maximum absolute atomic E-state index is 11.9. The third-order valence-corrected chi connectivity index (χ3v) is 3.45. The summed E-state index contributed by atoms with van der Waals surface area (Å²) in [4.78, 5) is 18.0. The lowest BCUT2D eigenvalue weighted by Crippen LogP contribution is -2.36. The Balaban J connectivity index is 1.70. The molecule has 2 aromatic rings. The van der Waals surface area contributed by atoms with E-state index in [9.17, 15) is 4.79 Å². The van der Waals surface area contributed by atoms with Crippen LogP contribution in [0.2, 0.25) is 0 Å². The van der Waals surface area contributed by atoms with Gasteiger partial charge in [-0.05, 0) is 38.4 Å². The first-order valence-corrected chi connectivity index (χ1v) is 7.42. The molecule has 2 N–H and O–H groups in total. The van der Waals surface area contributed by atoms with E-state index in [-0.39, 0.29) is 5.91 Å². The number of nitrogens with one attached hydrogen (secondary N) is 2. The second kappa shape index (κ2) is 7.70. The Morgan fingerprint density at radius 2 is 2.09 bits per heavy atom. The topological polar surface area (TPSA) is 73.9 Å². The van der Waals surface area contributed by atoms with Crippen molar-refractivity contribution in [2.45, 2.75) is 26.8 Å². The smallest absolute Gasteiger partial charge is 0.234 e. The van der Waals surface area contributed by atoms with Crippen molar-refractivity contribution < 1.29 is 4.79 Å². The first kappa shape index (κ1) is 16.2. The fraction of sp³-hybridized carbons (Fsp3) is 0.438. The molecule has 0 unspecified atom stereocenters. The number of hydrogen-bond donors (Lipinski definition) is 2. The molecule has 1 heterocycles. The lowest BCUT2D eigenvalue weighted by atomic mass is 10.1. The second-order valence-electron chi connectivity index (χ2n) is 5.54. The normalized spacial score (nSPS) is 10.9. The van der Waals surface area contributed by atoms with Gasteiger partial charge in [0.2, 0.25) is 5.91 Å². The lowest BCUT2D eigenvalue weighted by Gasteiger charge is -2.14. The first-order chi connectivity index (χ1) is 10.5. The van der Waals surface area contributed by atoms with Gasteiger partial charge in [-0.2, -0.15) is 5.10 Å². The van der Waals surface area contributed by atoms with Crippen LogP contribution in [0.1, 0.15) is 22.8 Å². The van der Waals surface area contributed by atoms with Crippen molar-refractivity contribution in [2.75, 3.05) is 20.1 Å². The molecule has 118 valence electrons. The number of carbonyl (C=O) groups is 1. The molecule has 0 saturated heterocycles. The number of aromatic amines is 1. The van der Waals surface area contributed by atoms with Gasteiger partial charge in [0.05, 0.1) is 13.1 Å².